The van der Waals surface area contributed by atoms with Crippen LogP contribution in [0.2, 0.25) is 5.02 Å². The molecule has 4 nitrogen and oxygen atoms in total. The van der Waals surface area contributed by atoms with E-state index in [0.717, 1.165) is 0 Å². The van der Waals surface area contributed by atoms with E-state index in [9.17, 15) is 9.59 Å². The molecule has 0 aliphatic carbocycles. The molecule has 0 heterocycles. The molecule has 0 atom stereocenters. The van der Waals surface area contributed by atoms with Crippen LogP contribution < -0.4 is 5.32 Å². The lowest BCUT2D eigenvalue weighted by Crippen LogP contribution is -2.28. The second-order valence-electron chi connectivity index (χ2n) is 4.39. The number of halogens is 1. The highest BCUT2D eigenvalue weighted by Gasteiger charge is 2.15. The second-order valence-corrected chi connectivity index (χ2v) is 4.80. The van der Waals surface area contributed by atoms with Crippen LogP contribution in [0, 0.1) is 0 Å². The molecule has 0 bridgehead atoms. The summed E-state index contributed by atoms with van der Waals surface area (Å²) in [5, 5.41) is 3.02. The second kappa shape index (κ2) is 7.43. The van der Waals surface area contributed by atoms with Crippen molar-refractivity contribution in [3.05, 3.63) is 76.4 Å². The Labute approximate surface area is 133 Å². The first kappa shape index (κ1) is 15.8. The van der Waals surface area contributed by atoms with Gasteiger partial charge in [-0.25, -0.2) is 4.79 Å². The Balaban J connectivity index is 2.30. The zero-order valence-electron chi connectivity index (χ0n) is 11.9. The topological polar surface area (TPSA) is 55.4 Å². The SMILES string of the molecule is COC(=O)C(=Cc1ccccc1Cl)NC(=O)c1ccccc1. The average molecular weight is 316 g/mol. The van der Waals surface area contributed by atoms with Gasteiger partial charge in [-0.15, -0.1) is 0 Å². The summed E-state index contributed by atoms with van der Waals surface area (Å²) in [4.78, 5) is 24.0. The minimum Gasteiger partial charge on any atom is -0.464 e. The van der Waals surface area contributed by atoms with Crippen LogP contribution in [-0.4, -0.2) is 19.0 Å². The third-order valence-corrected chi connectivity index (χ3v) is 3.24. The van der Waals surface area contributed by atoms with Crippen LogP contribution in [0.5, 0.6) is 0 Å². The number of nitrogens with one attached hydrogen (secondary N) is 1. The Hall–Kier alpha value is -2.59. The van der Waals surface area contributed by atoms with Crippen LogP contribution in [0.3, 0.4) is 0 Å². The Morgan fingerprint density at radius 1 is 1.05 bits per heavy atom. The number of amides is 1. The maximum atomic E-state index is 12.2. The molecule has 0 unspecified atom stereocenters. The normalized spacial score (nSPS) is 10.9. The van der Waals surface area contributed by atoms with Crippen molar-refractivity contribution in [2.45, 2.75) is 0 Å². The van der Waals surface area contributed by atoms with Crippen LogP contribution in [-0.2, 0) is 9.53 Å². The molecule has 0 saturated heterocycles. The number of carbonyl (C=O) groups is 2. The van der Waals surface area contributed by atoms with E-state index >= 15 is 0 Å². The zero-order valence-corrected chi connectivity index (χ0v) is 12.6. The fourth-order valence-corrected chi connectivity index (χ4v) is 1.98. The van der Waals surface area contributed by atoms with Gasteiger partial charge < -0.3 is 10.1 Å². The number of rotatable bonds is 4. The van der Waals surface area contributed by atoms with Gasteiger partial charge in [0, 0.05) is 10.6 Å². The Bertz CT molecular complexity index is 711. The number of carbonyl (C=O) groups excluding carboxylic acids is 2. The van der Waals surface area contributed by atoms with Crippen LogP contribution in [0.1, 0.15) is 15.9 Å². The van der Waals surface area contributed by atoms with Gasteiger partial charge in [-0.2, -0.15) is 0 Å². The van der Waals surface area contributed by atoms with Gasteiger partial charge in [0.2, 0.25) is 0 Å². The van der Waals surface area contributed by atoms with E-state index in [-0.39, 0.29) is 5.70 Å². The van der Waals surface area contributed by atoms with E-state index in [0.29, 0.717) is 16.1 Å². The van der Waals surface area contributed by atoms with Gasteiger partial charge in [-0.05, 0) is 29.8 Å². The fourth-order valence-electron chi connectivity index (χ4n) is 1.79. The summed E-state index contributed by atoms with van der Waals surface area (Å²) in [6.07, 6.45) is 1.48. The van der Waals surface area contributed by atoms with Gasteiger partial charge in [-0.1, -0.05) is 48.0 Å². The minimum absolute atomic E-state index is 0.0180. The molecule has 5 heteroatoms. The predicted octanol–water partition coefficient (Wildman–Crippen LogP) is 3.28. The summed E-state index contributed by atoms with van der Waals surface area (Å²) < 4.78 is 4.70. The first-order valence-electron chi connectivity index (χ1n) is 6.52. The Morgan fingerprint density at radius 3 is 2.32 bits per heavy atom. The van der Waals surface area contributed by atoms with Gasteiger partial charge in [0.15, 0.2) is 0 Å². The van der Waals surface area contributed by atoms with Gasteiger partial charge in [0.25, 0.3) is 5.91 Å². The van der Waals surface area contributed by atoms with Gasteiger partial charge in [0.1, 0.15) is 5.70 Å². The number of ether oxygens (including phenoxy) is 1. The van der Waals surface area contributed by atoms with Crippen LogP contribution in [0.15, 0.2) is 60.3 Å². The van der Waals surface area contributed by atoms with Crippen molar-refractivity contribution in [3.63, 3.8) is 0 Å². The van der Waals surface area contributed by atoms with Gasteiger partial charge in [0.05, 0.1) is 7.11 Å². The van der Waals surface area contributed by atoms with Crippen molar-refractivity contribution >= 4 is 29.6 Å². The van der Waals surface area contributed by atoms with Crippen molar-refractivity contribution in [2.75, 3.05) is 7.11 Å². The van der Waals surface area contributed by atoms with Gasteiger partial charge >= 0.3 is 5.97 Å². The molecular weight excluding hydrogens is 302 g/mol. The van der Waals surface area contributed by atoms with Crippen molar-refractivity contribution in [2.24, 2.45) is 0 Å². The van der Waals surface area contributed by atoms with Crippen molar-refractivity contribution in [1.29, 1.82) is 0 Å². The number of benzene rings is 2. The number of hydrogen-bond acceptors (Lipinski definition) is 3. The molecule has 2 aromatic rings. The molecule has 2 aromatic carbocycles. The standard InChI is InChI=1S/C17H14ClNO3/c1-22-17(21)15(11-13-9-5-6-10-14(13)18)19-16(20)12-7-3-2-4-8-12/h2-11H,1H3,(H,19,20). The van der Waals surface area contributed by atoms with Crippen LogP contribution in [0.4, 0.5) is 0 Å². The molecule has 0 fully saturated rings. The molecule has 0 spiro atoms. The van der Waals surface area contributed by atoms with E-state index in [2.05, 4.69) is 5.32 Å². The monoisotopic (exact) mass is 315 g/mol. The molecule has 0 saturated carbocycles. The van der Waals surface area contributed by atoms with Crippen molar-refractivity contribution in [3.8, 4) is 0 Å². The summed E-state index contributed by atoms with van der Waals surface area (Å²) in [7, 11) is 1.25. The molecular formula is C17H14ClNO3. The first-order chi connectivity index (χ1) is 10.6. The maximum Gasteiger partial charge on any atom is 0.354 e. The molecule has 0 aromatic heterocycles. The van der Waals surface area contributed by atoms with E-state index in [1.807, 2.05) is 0 Å². The molecule has 1 amide bonds. The lowest BCUT2D eigenvalue weighted by atomic mass is 10.1. The summed E-state index contributed by atoms with van der Waals surface area (Å²) >= 11 is 6.06. The third kappa shape index (κ3) is 3.96. The van der Waals surface area contributed by atoms with Crippen molar-refractivity contribution < 1.29 is 14.3 Å². The summed E-state index contributed by atoms with van der Waals surface area (Å²) in [5.74, 6) is -1.05. The molecule has 22 heavy (non-hydrogen) atoms. The number of esters is 1. The molecule has 0 radical (unpaired) electrons. The van der Waals surface area contributed by atoms with Gasteiger partial charge in [-0.3, -0.25) is 4.79 Å². The first-order valence-corrected chi connectivity index (χ1v) is 6.90. The molecule has 1 N–H and O–H groups in total. The lowest BCUT2D eigenvalue weighted by molar-refractivity contribution is -0.136. The van der Waals surface area contributed by atoms with Crippen molar-refractivity contribution in [1.82, 2.24) is 5.32 Å². The molecule has 0 aliphatic rings. The third-order valence-electron chi connectivity index (χ3n) is 2.89. The summed E-state index contributed by atoms with van der Waals surface area (Å²) in [6, 6.07) is 15.6. The largest absolute Gasteiger partial charge is 0.464 e. The van der Waals surface area contributed by atoms with Crippen LogP contribution >= 0.6 is 11.6 Å². The molecule has 0 aliphatic heterocycles. The highest BCUT2D eigenvalue weighted by Crippen LogP contribution is 2.18. The lowest BCUT2D eigenvalue weighted by Gasteiger charge is -2.09. The Morgan fingerprint density at radius 2 is 1.68 bits per heavy atom. The number of hydrogen-bond donors (Lipinski definition) is 1. The van der Waals surface area contributed by atoms with Crippen LogP contribution in [0.25, 0.3) is 6.08 Å². The molecule has 112 valence electrons. The summed E-state index contributed by atoms with van der Waals surface area (Å²) in [5.41, 5.74) is 1.07. The smallest absolute Gasteiger partial charge is 0.354 e. The van der Waals surface area contributed by atoms with E-state index in [1.165, 1.54) is 13.2 Å². The zero-order chi connectivity index (χ0) is 15.9. The number of methoxy groups -OCH3 is 1. The Kier molecular flexibility index (Phi) is 5.33. The van der Waals surface area contributed by atoms with E-state index in [1.54, 1.807) is 54.6 Å². The van der Waals surface area contributed by atoms with E-state index < -0.39 is 11.9 Å². The molecule has 2 rings (SSSR count). The highest BCUT2D eigenvalue weighted by molar-refractivity contribution is 6.32. The average Bonchev–Trinajstić information content (AvgIpc) is 2.56. The minimum atomic E-state index is -0.649. The predicted molar refractivity (Wildman–Crippen MR) is 85.4 cm³/mol. The summed E-state index contributed by atoms with van der Waals surface area (Å²) in [6.45, 7) is 0. The maximum absolute atomic E-state index is 12.2. The van der Waals surface area contributed by atoms with E-state index in [4.69, 9.17) is 16.3 Å². The fraction of sp³-hybridized carbons (Fsp3) is 0.0588. The highest BCUT2D eigenvalue weighted by atomic mass is 35.5. The quantitative estimate of drug-likeness (QED) is 0.696.